The van der Waals surface area contributed by atoms with Crippen molar-refractivity contribution in [3.05, 3.63) is 341 Å². The first kappa shape index (κ1) is 101. The first-order valence-corrected chi connectivity index (χ1v) is 42.3. The van der Waals surface area contributed by atoms with Gasteiger partial charge in [0.15, 0.2) is 23.3 Å². The molecular weight excluding hydrogens is 2690 g/mol. The van der Waals surface area contributed by atoms with E-state index in [-0.39, 0.29) is 174 Å². The summed E-state index contributed by atoms with van der Waals surface area (Å²) in [6, 6.07) is 74.0. The molecule has 37 heteroatoms. The number of phenols is 10. The number of amidine groups is 2. The molecule has 0 bridgehead atoms. The zero-order chi connectivity index (χ0) is 93.9. The Morgan fingerprint density at radius 2 is 0.525 bits per heavy atom. The van der Waals surface area contributed by atoms with Crippen LogP contribution in [0.3, 0.4) is 0 Å². The zero-order valence-electron chi connectivity index (χ0n) is 74.1. The molecule has 0 fully saturated rings. The first-order chi connectivity index (χ1) is 66.0. The Balaban J connectivity index is 0.000000139. The molecule has 0 saturated heterocycles. The quantitative estimate of drug-likeness (QED) is 0.0508. The summed E-state index contributed by atoms with van der Waals surface area (Å²) >= 11 is 0. The molecule has 23 rings (SSSR count). The molecule has 0 spiro atoms. The molecule has 0 aliphatic carbocycles. The summed E-state index contributed by atoms with van der Waals surface area (Å²) in [4.78, 5) is 89.2. The summed E-state index contributed by atoms with van der Waals surface area (Å²) in [6.07, 6.45) is 19.9. The molecular formula is C104H76N22O10Pt5. The number of fused-ring (bicyclic) bond motifs is 9. The number of aromatic hydroxyl groups is 10. The maximum atomic E-state index is 10.3. The van der Waals surface area contributed by atoms with Crippen molar-refractivity contribution < 1.29 is 156 Å². The van der Waals surface area contributed by atoms with Crippen LogP contribution in [-0.4, -0.2) is 174 Å². The Morgan fingerprint density at radius 1 is 0.241 bits per heavy atom. The number of aliphatic imine (C=N–C) groups is 4. The normalized spacial score (nSPS) is 12.4. The monoisotopic (exact) mass is 2770 g/mol. The van der Waals surface area contributed by atoms with Gasteiger partial charge in [0.2, 0.25) is 11.6 Å². The number of imidazole rings is 2. The van der Waals surface area contributed by atoms with Gasteiger partial charge in [0.25, 0.3) is 0 Å². The largest absolute Gasteiger partial charge is 0.507 e. The van der Waals surface area contributed by atoms with Crippen molar-refractivity contribution >= 4 is 78.0 Å². The second kappa shape index (κ2) is 43.6. The van der Waals surface area contributed by atoms with E-state index in [1.165, 1.54) is 12.7 Å². The van der Waals surface area contributed by atoms with Crippen molar-refractivity contribution in [1.82, 2.24) is 88.5 Å². The number of nitrogens with zero attached hydrogens (tertiary/aromatic N) is 22. The summed E-state index contributed by atoms with van der Waals surface area (Å²) in [6.45, 7) is 7.78. The van der Waals surface area contributed by atoms with Gasteiger partial charge in [-0.3, -0.25) is 29.9 Å². The second-order valence-electron chi connectivity index (χ2n) is 32.0. The molecule has 21 aromatic rings. The van der Waals surface area contributed by atoms with Gasteiger partial charge in [-0.25, -0.2) is 69.8 Å². The molecule has 712 valence electrons. The minimum absolute atomic E-state index is 0. The number of hydrogen-bond acceptors (Lipinski definition) is 30. The van der Waals surface area contributed by atoms with Crippen LogP contribution in [0.5, 0.6) is 57.5 Å². The molecule has 32 nitrogen and oxygen atoms in total. The Bertz CT molecular complexity index is 7770. The molecule has 141 heavy (non-hydrogen) atoms. The van der Waals surface area contributed by atoms with Crippen LogP contribution in [0.25, 0.3) is 157 Å². The summed E-state index contributed by atoms with van der Waals surface area (Å²) in [5.74, 6) is 3.34. The van der Waals surface area contributed by atoms with Gasteiger partial charge in [-0.05, 0) is 172 Å². The average molecular weight is 2770 g/mol. The molecule has 11 aromatic carbocycles. The molecule has 10 aromatic heterocycles. The molecule has 0 radical (unpaired) electrons. The van der Waals surface area contributed by atoms with E-state index >= 15 is 0 Å². The van der Waals surface area contributed by atoms with Gasteiger partial charge in [0, 0.05) is 163 Å². The molecule has 2 aliphatic rings. The minimum atomic E-state index is -0.617. The number of phenolic OH excluding ortho intramolecular Hbond substituents is 10. The predicted octanol–water partition coefficient (Wildman–Crippen LogP) is 18.6. The van der Waals surface area contributed by atoms with E-state index in [1.807, 2.05) is 158 Å². The number of rotatable bonds is 12. The maximum Gasteiger partial charge on any atom is 0.201 e. The topological polar surface area (TPSA) is 467 Å². The molecule has 12 heterocycles. The zero-order valence-corrected chi connectivity index (χ0v) is 85.4. The number of aromatic nitrogens is 18. The number of benzene rings is 11. The number of pyridine rings is 2. The van der Waals surface area contributed by atoms with Crippen LogP contribution in [0, 0.1) is 0 Å². The summed E-state index contributed by atoms with van der Waals surface area (Å²) in [5.41, 5.74) is 13.2. The fraction of sp³-hybridized carbons (Fsp3) is 0.0577. The molecule has 0 atom stereocenters. The average Bonchev–Trinajstić information content (AvgIpc) is 1.60. The van der Waals surface area contributed by atoms with E-state index in [0.717, 1.165) is 10.8 Å². The van der Waals surface area contributed by atoms with Crippen molar-refractivity contribution in [3.63, 3.8) is 0 Å². The second-order valence-corrected chi connectivity index (χ2v) is 32.0. The van der Waals surface area contributed by atoms with Crippen molar-refractivity contribution in [2.45, 2.75) is 38.8 Å². The van der Waals surface area contributed by atoms with Gasteiger partial charge in [-0.15, -0.1) is 0 Å². The molecule has 0 unspecified atom stereocenters. The van der Waals surface area contributed by atoms with Crippen molar-refractivity contribution in [1.29, 1.82) is 0 Å². The van der Waals surface area contributed by atoms with Crippen LogP contribution in [0.4, 0.5) is 0 Å². The third-order valence-corrected chi connectivity index (χ3v) is 22.1. The Labute approximate surface area is 874 Å². The van der Waals surface area contributed by atoms with E-state index in [4.69, 9.17) is 29.9 Å². The van der Waals surface area contributed by atoms with Gasteiger partial charge >= 0.3 is 0 Å². The standard InChI is InChI=1S/2C22H14N4O2.C22H22N4O2.C20H14N4O2.C18H12N6O2.5Pt/c27-17-5-1-3-13-7-9-25-11-15(23-21(25)19(13)17)16-12-26-10-8-14-4-2-6-18(28)20(14)22(26)24-16;27-19-7-3-1-5-13(19)17-11-23-15-9-10-16-22(21(15)25-17)26-18(12-24-16)14-6-2-4-8-20(14)28;1-21(2)17(13-9-5-7-11-15(13)27)23-19(25-21)20-24-18(22(3,4)26-20)14-10-6-8-12-16(14)28;25-19-7-3-1-5-13(19)15-9-21-11-17(23-15)18-12-22-10-16(24-18)14-6-2-4-8-20(14)26;25-13-7-3-1-5-11(13)15-19-9-21-17(23-15)18-22-10-20-16(24-18)12-6-2-4-8-14(12)26;;;;;/h2*1-12,27-28H;5-12,27-28H,1-4H3;1-12,25-26H;1-10,25-26H;;;;;. The van der Waals surface area contributed by atoms with Crippen molar-refractivity contribution in [3.8, 4) is 160 Å². The van der Waals surface area contributed by atoms with Crippen LogP contribution >= 0.6 is 0 Å². The molecule has 10 N–H and O–H groups in total. The van der Waals surface area contributed by atoms with Crippen LogP contribution < -0.4 is 0 Å². The maximum absolute atomic E-state index is 10.3. The van der Waals surface area contributed by atoms with E-state index in [9.17, 15) is 51.1 Å². The molecule has 0 saturated carbocycles. The van der Waals surface area contributed by atoms with Gasteiger partial charge < -0.3 is 59.9 Å². The predicted molar refractivity (Wildman–Crippen MR) is 517 cm³/mol. The van der Waals surface area contributed by atoms with Gasteiger partial charge in [0.05, 0.1) is 104 Å². The van der Waals surface area contributed by atoms with Gasteiger partial charge in [0.1, 0.15) is 126 Å². The van der Waals surface area contributed by atoms with Crippen LogP contribution in [-0.2, 0) is 105 Å². The Morgan fingerprint density at radius 3 is 0.851 bits per heavy atom. The van der Waals surface area contributed by atoms with Crippen LogP contribution in [0.2, 0.25) is 0 Å². The van der Waals surface area contributed by atoms with Crippen molar-refractivity contribution in [2.75, 3.05) is 0 Å². The van der Waals surface area contributed by atoms with Gasteiger partial charge in [-0.2, -0.15) is 0 Å². The fourth-order valence-electron chi connectivity index (χ4n) is 15.5. The van der Waals surface area contributed by atoms with Crippen LogP contribution in [0.1, 0.15) is 38.8 Å². The smallest absolute Gasteiger partial charge is 0.201 e. The Hall–Kier alpha value is -15.7. The third-order valence-electron chi connectivity index (χ3n) is 22.1. The molecule has 0 amide bonds. The van der Waals surface area contributed by atoms with E-state index in [1.54, 1.807) is 195 Å². The van der Waals surface area contributed by atoms with E-state index in [0.29, 0.717) is 169 Å². The van der Waals surface area contributed by atoms with Gasteiger partial charge in [-0.1, -0.05) is 121 Å². The SMILES string of the molecule is CC1(C)N=C(C2=NC(C)(C)C(c3ccccc3O)=N2)N=C1c1ccccc1O.Oc1cccc2ccn3cc(-c4cn5ccc6cccc(O)c6c5n4)nc3c12.Oc1ccccc1-c1cnc2ccc3ncc(-c4ccccc4O)nc3c2n1.Oc1ccccc1-c1cncc(-c2cncc(-c3ccccc3O)n2)n1.Oc1ccccc1-c1ncnc(-c2ncnc(-c3ccccc3O)n2)n1.[Pt].[Pt].[Pt].[Pt].[Pt]. The van der Waals surface area contributed by atoms with Crippen LogP contribution in [0.15, 0.2) is 349 Å². The molecule has 2 aliphatic heterocycles. The summed E-state index contributed by atoms with van der Waals surface area (Å²) < 4.78 is 3.77. The fourth-order valence-corrected chi connectivity index (χ4v) is 15.5. The Kier molecular flexibility index (Phi) is 31.3. The van der Waals surface area contributed by atoms with E-state index in [2.05, 4.69) is 69.8 Å². The van der Waals surface area contributed by atoms with E-state index < -0.39 is 11.1 Å². The van der Waals surface area contributed by atoms with Crippen molar-refractivity contribution in [2.24, 2.45) is 20.0 Å². The summed E-state index contributed by atoms with van der Waals surface area (Å²) in [7, 11) is 0. The minimum Gasteiger partial charge on any atom is -0.507 e. The first-order valence-electron chi connectivity index (χ1n) is 42.3. The number of hydrogen-bond donors (Lipinski definition) is 10. The number of para-hydroxylation sites is 8. The summed E-state index contributed by atoms with van der Waals surface area (Å²) in [5, 5.41) is 105. The third kappa shape index (κ3) is 21.3.